The van der Waals surface area contributed by atoms with Gasteiger partial charge in [-0.25, -0.2) is 4.79 Å². The smallest absolute Gasteiger partial charge is 0.319 e. The second-order valence-corrected chi connectivity index (χ2v) is 6.26. The highest BCUT2D eigenvalue weighted by atomic mass is 32.2. The van der Waals surface area contributed by atoms with Gasteiger partial charge in [0, 0.05) is 18.2 Å². The van der Waals surface area contributed by atoms with E-state index in [0.717, 1.165) is 29.9 Å². The second kappa shape index (κ2) is 7.93. The van der Waals surface area contributed by atoms with E-state index in [1.165, 1.54) is 0 Å². The molecule has 2 rings (SSSR count). The van der Waals surface area contributed by atoms with Crippen LogP contribution in [0.5, 0.6) is 0 Å². The van der Waals surface area contributed by atoms with Crippen LogP contribution in [0, 0.1) is 0 Å². The lowest BCUT2D eigenvalue weighted by molar-refractivity contribution is -0.136. The Bertz CT molecular complexity index is 501. The molecule has 0 aliphatic carbocycles. The van der Waals surface area contributed by atoms with E-state index in [0.29, 0.717) is 12.1 Å². The number of urea groups is 1. The minimum Gasteiger partial charge on any atom is -0.481 e. The molecule has 0 unspecified atom stereocenters. The van der Waals surface area contributed by atoms with Crippen LogP contribution in [-0.2, 0) is 11.2 Å². The maximum atomic E-state index is 12.0. The summed E-state index contributed by atoms with van der Waals surface area (Å²) in [4.78, 5) is 22.7. The molecule has 0 radical (unpaired) electrons. The van der Waals surface area contributed by atoms with Crippen LogP contribution in [0.1, 0.15) is 24.8 Å². The van der Waals surface area contributed by atoms with Crippen molar-refractivity contribution < 1.29 is 14.7 Å². The van der Waals surface area contributed by atoms with Crippen molar-refractivity contribution >= 4 is 29.4 Å². The number of nitrogens with one attached hydrogen (secondary N) is 2. The number of rotatable bonds is 5. The summed E-state index contributed by atoms with van der Waals surface area (Å²) in [5.74, 6) is 1.33. The fourth-order valence-corrected chi connectivity index (χ4v) is 3.39. The van der Waals surface area contributed by atoms with Gasteiger partial charge in [-0.05, 0) is 42.4 Å². The third-order valence-corrected chi connectivity index (χ3v) is 4.48. The van der Waals surface area contributed by atoms with Gasteiger partial charge in [0.05, 0.1) is 0 Å². The van der Waals surface area contributed by atoms with E-state index in [4.69, 9.17) is 5.11 Å². The zero-order chi connectivity index (χ0) is 15.1. The van der Waals surface area contributed by atoms with Crippen LogP contribution in [0.4, 0.5) is 10.5 Å². The largest absolute Gasteiger partial charge is 0.481 e. The predicted molar refractivity (Wildman–Crippen MR) is 84.9 cm³/mol. The average molecular weight is 308 g/mol. The standard InChI is InChI=1S/C15H20N2O3S/c18-14(19)6-5-11-3-1-2-4-13(11)17-15(20)16-12-7-9-21-10-8-12/h1-4,12H,5-10H2,(H,18,19)(H2,16,17,20). The zero-order valence-electron chi connectivity index (χ0n) is 11.8. The summed E-state index contributed by atoms with van der Waals surface area (Å²) < 4.78 is 0. The molecule has 0 spiro atoms. The quantitative estimate of drug-likeness (QED) is 0.781. The average Bonchev–Trinajstić information content (AvgIpc) is 2.47. The summed E-state index contributed by atoms with van der Waals surface area (Å²) in [5, 5.41) is 14.6. The molecule has 1 aromatic carbocycles. The predicted octanol–water partition coefficient (Wildman–Crippen LogP) is 2.72. The molecular formula is C15H20N2O3S. The first-order valence-corrected chi connectivity index (χ1v) is 8.25. The topological polar surface area (TPSA) is 78.4 Å². The maximum Gasteiger partial charge on any atom is 0.319 e. The van der Waals surface area contributed by atoms with Gasteiger partial charge < -0.3 is 15.7 Å². The van der Waals surface area contributed by atoms with Gasteiger partial charge in [0.1, 0.15) is 0 Å². The Labute approximate surface area is 128 Å². The first-order chi connectivity index (χ1) is 10.1. The highest BCUT2D eigenvalue weighted by molar-refractivity contribution is 7.99. The van der Waals surface area contributed by atoms with Crippen molar-refractivity contribution in [3.63, 3.8) is 0 Å². The lowest BCUT2D eigenvalue weighted by atomic mass is 10.1. The molecule has 1 saturated heterocycles. The minimum absolute atomic E-state index is 0.0557. The number of benzene rings is 1. The first-order valence-electron chi connectivity index (χ1n) is 7.10. The van der Waals surface area contributed by atoms with Gasteiger partial charge in [-0.3, -0.25) is 4.79 Å². The van der Waals surface area contributed by atoms with Gasteiger partial charge in [-0.1, -0.05) is 18.2 Å². The van der Waals surface area contributed by atoms with Crippen LogP contribution < -0.4 is 10.6 Å². The Hall–Kier alpha value is -1.69. The lowest BCUT2D eigenvalue weighted by Gasteiger charge is -2.23. The molecule has 114 valence electrons. The van der Waals surface area contributed by atoms with Crippen LogP contribution in [0.15, 0.2) is 24.3 Å². The van der Waals surface area contributed by atoms with Crippen LogP contribution in [-0.4, -0.2) is 34.7 Å². The van der Waals surface area contributed by atoms with Crippen LogP contribution in [0.2, 0.25) is 0 Å². The number of hydrogen-bond donors (Lipinski definition) is 3. The summed E-state index contributed by atoms with van der Waals surface area (Å²) in [6.07, 6.45) is 2.46. The molecular weight excluding hydrogens is 288 g/mol. The Kier molecular flexibility index (Phi) is 5.92. The van der Waals surface area contributed by atoms with Crippen LogP contribution in [0.3, 0.4) is 0 Å². The van der Waals surface area contributed by atoms with Gasteiger partial charge in [0.15, 0.2) is 0 Å². The molecule has 21 heavy (non-hydrogen) atoms. The number of carboxylic acids is 1. The molecule has 5 nitrogen and oxygen atoms in total. The van der Waals surface area contributed by atoms with Crippen molar-refractivity contribution in [2.45, 2.75) is 31.7 Å². The molecule has 1 fully saturated rings. The van der Waals surface area contributed by atoms with Crippen molar-refractivity contribution in [3.8, 4) is 0 Å². The van der Waals surface area contributed by atoms with E-state index in [1.807, 2.05) is 30.0 Å². The second-order valence-electron chi connectivity index (χ2n) is 5.04. The first kappa shape index (κ1) is 15.7. The molecule has 0 aromatic heterocycles. The monoisotopic (exact) mass is 308 g/mol. The fraction of sp³-hybridized carbons (Fsp3) is 0.467. The number of anilines is 1. The summed E-state index contributed by atoms with van der Waals surface area (Å²) in [7, 11) is 0. The van der Waals surface area contributed by atoms with E-state index >= 15 is 0 Å². The zero-order valence-corrected chi connectivity index (χ0v) is 12.6. The molecule has 1 aliphatic rings. The van der Waals surface area contributed by atoms with Gasteiger partial charge in [-0.15, -0.1) is 0 Å². The summed E-state index contributed by atoms with van der Waals surface area (Å²) in [5.41, 5.74) is 1.52. The molecule has 2 amide bonds. The molecule has 0 saturated carbocycles. The Morgan fingerprint density at radius 2 is 1.95 bits per heavy atom. The van der Waals surface area contributed by atoms with Crippen molar-refractivity contribution in [2.75, 3.05) is 16.8 Å². The molecule has 0 bridgehead atoms. The Morgan fingerprint density at radius 1 is 1.24 bits per heavy atom. The SMILES string of the molecule is O=C(O)CCc1ccccc1NC(=O)NC1CCSCC1. The number of para-hydroxylation sites is 1. The van der Waals surface area contributed by atoms with E-state index in [1.54, 1.807) is 6.07 Å². The van der Waals surface area contributed by atoms with E-state index < -0.39 is 5.97 Å². The van der Waals surface area contributed by atoms with E-state index in [-0.39, 0.29) is 18.5 Å². The van der Waals surface area contributed by atoms with Crippen molar-refractivity contribution in [2.24, 2.45) is 0 Å². The van der Waals surface area contributed by atoms with E-state index in [2.05, 4.69) is 10.6 Å². The van der Waals surface area contributed by atoms with Gasteiger partial charge in [-0.2, -0.15) is 11.8 Å². The summed E-state index contributed by atoms with van der Waals surface area (Å²) >= 11 is 1.91. The maximum absolute atomic E-state index is 12.0. The number of aliphatic carboxylic acids is 1. The number of hydrogen-bond acceptors (Lipinski definition) is 3. The van der Waals surface area contributed by atoms with Gasteiger partial charge in [0.2, 0.25) is 0 Å². The number of aryl methyl sites for hydroxylation is 1. The van der Waals surface area contributed by atoms with Crippen molar-refractivity contribution in [1.82, 2.24) is 5.32 Å². The number of carboxylic acid groups (broad SMARTS) is 1. The molecule has 1 aliphatic heterocycles. The molecule has 1 heterocycles. The fourth-order valence-electron chi connectivity index (χ4n) is 2.29. The van der Waals surface area contributed by atoms with Gasteiger partial charge in [0.25, 0.3) is 0 Å². The molecule has 0 atom stereocenters. The third-order valence-electron chi connectivity index (χ3n) is 3.43. The summed E-state index contributed by atoms with van der Waals surface area (Å²) in [6, 6.07) is 7.34. The molecule has 1 aromatic rings. The Morgan fingerprint density at radius 3 is 2.67 bits per heavy atom. The highest BCUT2D eigenvalue weighted by Crippen LogP contribution is 2.19. The molecule has 3 N–H and O–H groups in total. The number of carbonyl (C=O) groups is 2. The van der Waals surface area contributed by atoms with Crippen molar-refractivity contribution in [3.05, 3.63) is 29.8 Å². The normalized spacial score (nSPS) is 15.4. The highest BCUT2D eigenvalue weighted by Gasteiger charge is 2.16. The summed E-state index contributed by atoms with van der Waals surface area (Å²) in [6.45, 7) is 0. The number of amides is 2. The van der Waals surface area contributed by atoms with Crippen LogP contribution in [0.25, 0.3) is 0 Å². The Balaban J connectivity index is 1.91. The lowest BCUT2D eigenvalue weighted by Crippen LogP contribution is -2.40. The van der Waals surface area contributed by atoms with Gasteiger partial charge >= 0.3 is 12.0 Å². The third kappa shape index (κ3) is 5.30. The number of carbonyl (C=O) groups excluding carboxylic acids is 1. The minimum atomic E-state index is -0.839. The number of thioether (sulfide) groups is 1. The van der Waals surface area contributed by atoms with Crippen molar-refractivity contribution in [1.29, 1.82) is 0 Å². The van der Waals surface area contributed by atoms with Crippen LogP contribution >= 0.6 is 11.8 Å². The van der Waals surface area contributed by atoms with E-state index in [9.17, 15) is 9.59 Å². The molecule has 6 heteroatoms.